The number of hydrogen-bond acceptors (Lipinski definition) is 5. The molecule has 0 saturated carbocycles. The van der Waals surface area contributed by atoms with E-state index in [4.69, 9.17) is 0 Å². The van der Waals surface area contributed by atoms with Crippen molar-refractivity contribution < 1.29 is 22.7 Å². The van der Waals surface area contributed by atoms with Gasteiger partial charge in [-0.3, -0.25) is 4.79 Å². The molecule has 1 heterocycles. The maximum atomic E-state index is 13.2. The highest BCUT2D eigenvalue weighted by atomic mass is 32.2. The first-order valence-corrected chi connectivity index (χ1v) is 11.8. The molecule has 1 fully saturated rings. The van der Waals surface area contributed by atoms with Crippen molar-refractivity contribution in [3.63, 3.8) is 0 Å². The molecule has 1 N–H and O–H groups in total. The minimum Gasteiger partial charge on any atom is -0.465 e. The number of carbonyl (C=O) groups is 2. The number of ether oxygens (including phenoxy) is 1. The van der Waals surface area contributed by atoms with Crippen LogP contribution in [0.5, 0.6) is 0 Å². The lowest BCUT2D eigenvalue weighted by Gasteiger charge is -2.31. The topological polar surface area (TPSA) is 92.8 Å². The van der Waals surface area contributed by atoms with Gasteiger partial charge in [-0.15, -0.1) is 0 Å². The van der Waals surface area contributed by atoms with E-state index in [0.717, 1.165) is 10.8 Å². The maximum Gasteiger partial charge on any atom is 0.337 e. The van der Waals surface area contributed by atoms with Gasteiger partial charge in [0.1, 0.15) is 0 Å². The van der Waals surface area contributed by atoms with Crippen LogP contribution >= 0.6 is 0 Å². The Labute approximate surface area is 187 Å². The van der Waals surface area contributed by atoms with E-state index >= 15 is 0 Å². The summed E-state index contributed by atoms with van der Waals surface area (Å²) in [6.45, 7) is 0.508. The number of esters is 1. The Hall–Kier alpha value is -3.23. The van der Waals surface area contributed by atoms with Crippen LogP contribution in [-0.4, -0.2) is 44.8 Å². The number of carbonyl (C=O) groups excluding carboxylic acids is 2. The molecule has 1 amide bonds. The average molecular weight is 453 g/mol. The maximum absolute atomic E-state index is 13.2. The van der Waals surface area contributed by atoms with Crippen molar-refractivity contribution in [3.05, 3.63) is 72.3 Å². The predicted octanol–water partition coefficient (Wildman–Crippen LogP) is 3.67. The molecule has 0 radical (unpaired) electrons. The first kappa shape index (κ1) is 22.0. The number of fused-ring (bicyclic) bond motifs is 1. The monoisotopic (exact) mass is 452 g/mol. The van der Waals surface area contributed by atoms with Crippen molar-refractivity contribution in [1.29, 1.82) is 0 Å². The van der Waals surface area contributed by atoms with E-state index in [1.54, 1.807) is 42.5 Å². The van der Waals surface area contributed by atoms with Crippen molar-refractivity contribution in [1.82, 2.24) is 4.31 Å². The molecule has 0 bridgehead atoms. The molecule has 0 spiro atoms. The van der Waals surface area contributed by atoms with Crippen LogP contribution < -0.4 is 5.32 Å². The first-order chi connectivity index (χ1) is 15.4. The molecular formula is C24H24N2O5S. The summed E-state index contributed by atoms with van der Waals surface area (Å²) in [5.74, 6) is -1.15. The molecule has 166 valence electrons. The molecule has 7 nitrogen and oxygen atoms in total. The zero-order valence-electron chi connectivity index (χ0n) is 17.7. The summed E-state index contributed by atoms with van der Waals surface area (Å²) in [4.78, 5) is 24.6. The number of anilines is 1. The number of sulfonamides is 1. The normalized spacial score (nSPS) is 17.1. The van der Waals surface area contributed by atoms with Gasteiger partial charge in [0.25, 0.3) is 0 Å². The van der Waals surface area contributed by atoms with E-state index in [0.29, 0.717) is 30.6 Å². The Kier molecular flexibility index (Phi) is 6.25. The SMILES string of the molecule is COC(=O)c1ccc(NC(=O)[C@H]2CCCN(S(=O)(=O)c3ccc4ccccc4c3)C2)cc1. The van der Waals surface area contributed by atoms with Gasteiger partial charge in [0, 0.05) is 18.8 Å². The van der Waals surface area contributed by atoms with E-state index < -0.39 is 21.9 Å². The lowest BCUT2D eigenvalue weighted by atomic mass is 9.98. The fourth-order valence-electron chi connectivity index (χ4n) is 3.90. The van der Waals surface area contributed by atoms with Crippen LogP contribution in [0.2, 0.25) is 0 Å². The van der Waals surface area contributed by atoms with Crippen molar-refractivity contribution in [2.45, 2.75) is 17.7 Å². The zero-order chi connectivity index (χ0) is 22.7. The number of nitrogens with zero attached hydrogens (tertiary/aromatic N) is 1. The quantitative estimate of drug-likeness (QED) is 0.597. The zero-order valence-corrected chi connectivity index (χ0v) is 18.5. The molecule has 1 atom stereocenters. The summed E-state index contributed by atoms with van der Waals surface area (Å²) in [6.07, 6.45) is 1.21. The van der Waals surface area contributed by atoms with Crippen molar-refractivity contribution in [2.24, 2.45) is 5.92 Å². The molecular weight excluding hydrogens is 428 g/mol. The number of nitrogens with one attached hydrogen (secondary N) is 1. The number of rotatable bonds is 5. The Bertz CT molecular complexity index is 1250. The minimum absolute atomic E-state index is 0.126. The number of amides is 1. The average Bonchev–Trinajstić information content (AvgIpc) is 2.83. The van der Waals surface area contributed by atoms with Gasteiger partial charge in [-0.1, -0.05) is 30.3 Å². The van der Waals surface area contributed by atoms with E-state index in [1.807, 2.05) is 24.3 Å². The summed E-state index contributed by atoms with van der Waals surface area (Å²) in [7, 11) is -2.40. The Morgan fingerprint density at radius 2 is 1.72 bits per heavy atom. The first-order valence-electron chi connectivity index (χ1n) is 10.4. The molecule has 1 aliphatic rings. The van der Waals surface area contributed by atoms with E-state index in [2.05, 4.69) is 10.1 Å². The smallest absolute Gasteiger partial charge is 0.337 e. The lowest BCUT2D eigenvalue weighted by Crippen LogP contribution is -2.43. The molecule has 8 heteroatoms. The summed E-state index contributed by atoms with van der Waals surface area (Å²) in [6, 6.07) is 19.1. The molecule has 0 aromatic heterocycles. The van der Waals surface area contributed by atoms with Gasteiger partial charge in [-0.05, 0) is 60.0 Å². The standard InChI is InChI=1S/C24H24N2O5S/c1-31-24(28)18-8-11-21(12-9-18)25-23(27)20-7-4-14-26(16-20)32(29,30)22-13-10-17-5-2-3-6-19(17)15-22/h2-3,5-6,8-13,15,20H,4,7,14,16H2,1H3,(H,25,27)/t20-/m0/s1. The fourth-order valence-corrected chi connectivity index (χ4v) is 5.46. The van der Waals surface area contributed by atoms with Crippen LogP contribution in [0.15, 0.2) is 71.6 Å². The number of methoxy groups -OCH3 is 1. The highest BCUT2D eigenvalue weighted by molar-refractivity contribution is 7.89. The van der Waals surface area contributed by atoms with Crippen LogP contribution in [-0.2, 0) is 19.6 Å². The van der Waals surface area contributed by atoms with Gasteiger partial charge < -0.3 is 10.1 Å². The summed E-state index contributed by atoms with van der Waals surface area (Å²) >= 11 is 0. The molecule has 0 aliphatic carbocycles. The van der Waals surface area contributed by atoms with Gasteiger partial charge >= 0.3 is 5.97 Å². The largest absolute Gasteiger partial charge is 0.465 e. The van der Waals surface area contributed by atoms with Crippen LogP contribution in [0.4, 0.5) is 5.69 Å². The minimum atomic E-state index is -3.71. The fraction of sp³-hybridized carbons (Fsp3) is 0.250. The van der Waals surface area contributed by atoms with Crippen LogP contribution in [0.25, 0.3) is 10.8 Å². The summed E-state index contributed by atoms with van der Waals surface area (Å²) in [5, 5.41) is 4.65. The van der Waals surface area contributed by atoms with E-state index in [9.17, 15) is 18.0 Å². The summed E-state index contributed by atoms with van der Waals surface area (Å²) < 4.78 is 32.5. The molecule has 1 saturated heterocycles. The molecule has 3 aromatic carbocycles. The third kappa shape index (κ3) is 4.51. The van der Waals surface area contributed by atoms with Gasteiger partial charge in [0.05, 0.1) is 23.5 Å². The molecule has 32 heavy (non-hydrogen) atoms. The third-order valence-electron chi connectivity index (χ3n) is 5.69. The molecule has 0 unspecified atom stereocenters. The highest BCUT2D eigenvalue weighted by Crippen LogP contribution is 2.27. The second-order valence-electron chi connectivity index (χ2n) is 7.77. The van der Waals surface area contributed by atoms with Crippen LogP contribution in [0, 0.1) is 5.92 Å². The second kappa shape index (κ2) is 9.10. The van der Waals surface area contributed by atoms with Crippen molar-refractivity contribution in [3.8, 4) is 0 Å². The van der Waals surface area contributed by atoms with Gasteiger partial charge in [-0.25, -0.2) is 13.2 Å². The number of hydrogen-bond donors (Lipinski definition) is 1. The molecule has 4 rings (SSSR count). The summed E-state index contributed by atoms with van der Waals surface area (Å²) in [5.41, 5.74) is 0.924. The van der Waals surface area contributed by atoms with E-state index in [-0.39, 0.29) is 17.3 Å². The highest BCUT2D eigenvalue weighted by Gasteiger charge is 2.33. The van der Waals surface area contributed by atoms with E-state index in [1.165, 1.54) is 11.4 Å². The number of piperidine rings is 1. The van der Waals surface area contributed by atoms with Crippen LogP contribution in [0.1, 0.15) is 23.2 Å². The Morgan fingerprint density at radius 1 is 1.00 bits per heavy atom. The van der Waals surface area contributed by atoms with Gasteiger partial charge in [0.15, 0.2) is 0 Å². The number of benzene rings is 3. The van der Waals surface area contributed by atoms with Crippen molar-refractivity contribution >= 4 is 38.4 Å². The molecule has 1 aliphatic heterocycles. The van der Waals surface area contributed by atoms with Gasteiger partial charge in [-0.2, -0.15) is 4.31 Å². The Balaban J connectivity index is 1.47. The predicted molar refractivity (Wildman–Crippen MR) is 122 cm³/mol. The van der Waals surface area contributed by atoms with Gasteiger partial charge in [0.2, 0.25) is 15.9 Å². The lowest BCUT2D eigenvalue weighted by molar-refractivity contribution is -0.120. The third-order valence-corrected chi connectivity index (χ3v) is 7.55. The molecule has 3 aromatic rings. The second-order valence-corrected chi connectivity index (χ2v) is 9.71. The van der Waals surface area contributed by atoms with Crippen molar-refractivity contribution in [2.75, 3.05) is 25.5 Å². The Morgan fingerprint density at radius 3 is 2.44 bits per heavy atom. The van der Waals surface area contributed by atoms with Crippen LogP contribution in [0.3, 0.4) is 0 Å².